The van der Waals surface area contributed by atoms with Gasteiger partial charge in [0.05, 0.1) is 32.7 Å². The number of esters is 3. The van der Waals surface area contributed by atoms with E-state index in [1.165, 1.54) is 0 Å². The smallest absolute Gasteiger partial charge is 0.338 e. The maximum atomic E-state index is 12.9. The molecule has 0 aliphatic rings. The molecule has 0 aromatic carbocycles. The minimum Gasteiger partial charge on any atom is -0.466 e. The van der Waals surface area contributed by atoms with Crippen molar-refractivity contribution in [2.45, 2.75) is 130 Å². The lowest BCUT2D eigenvalue weighted by Crippen LogP contribution is -2.43. The molecule has 2 atom stereocenters. The zero-order valence-corrected chi connectivity index (χ0v) is 22.6. The van der Waals surface area contributed by atoms with Gasteiger partial charge in [0, 0.05) is 0 Å². The molecule has 0 aliphatic carbocycles. The van der Waals surface area contributed by atoms with Crippen LogP contribution in [0.1, 0.15) is 124 Å². The average Bonchev–Trinajstić information content (AvgIpc) is 2.85. The largest absolute Gasteiger partial charge is 0.466 e. The number of unbranched alkanes of at least 4 members (excludes halogenated alkanes) is 9. The van der Waals surface area contributed by atoms with Crippen molar-refractivity contribution < 1.29 is 28.6 Å². The molecule has 0 bridgehead atoms. The number of hydrogen-bond donors (Lipinski definition) is 0. The van der Waals surface area contributed by atoms with Gasteiger partial charge in [0.25, 0.3) is 0 Å². The molecule has 8 heteroatoms. The first kappa shape index (κ1) is 33.0. The van der Waals surface area contributed by atoms with Gasteiger partial charge in [-0.25, -0.2) is 4.79 Å². The van der Waals surface area contributed by atoms with Crippen LogP contribution in [0.3, 0.4) is 0 Å². The van der Waals surface area contributed by atoms with Crippen LogP contribution < -0.4 is 0 Å². The van der Waals surface area contributed by atoms with Crippen molar-refractivity contribution in [3.63, 3.8) is 0 Å². The molecule has 0 fully saturated rings. The fourth-order valence-corrected chi connectivity index (χ4v) is 3.66. The molecule has 0 N–H and O–H groups in total. The third-order valence-electron chi connectivity index (χ3n) is 6.00. The molecular weight excluding hydrogens is 450 g/mol. The van der Waals surface area contributed by atoms with Gasteiger partial charge in [-0.15, -0.1) is 4.91 Å². The standard InChI is InChI=1S/C27H49NO7/c1-5-8-11-13-15-18-33-24(29)20-27(28-32,26(31)34-19-16-14-12-9-6-2)21-25(30)35-22-23(4)17-10-7-3/h23H,5-22H2,1-4H3. The van der Waals surface area contributed by atoms with E-state index >= 15 is 0 Å². The van der Waals surface area contributed by atoms with Crippen LogP contribution in [0.5, 0.6) is 0 Å². The number of carbonyl (C=O) groups is 3. The quantitative estimate of drug-likeness (QED) is 0.0668. The summed E-state index contributed by atoms with van der Waals surface area (Å²) in [6, 6.07) is 0. The first-order valence-electron chi connectivity index (χ1n) is 13.7. The summed E-state index contributed by atoms with van der Waals surface area (Å²) < 4.78 is 15.8. The second kappa shape index (κ2) is 21.3. The van der Waals surface area contributed by atoms with Crippen LogP contribution in [-0.2, 0) is 28.6 Å². The summed E-state index contributed by atoms with van der Waals surface area (Å²) in [7, 11) is 0. The summed E-state index contributed by atoms with van der Waals surface area (Å²) >= 11 is 0. The Morgan fingerprint density at radius 2 is 1.17 bits per heavy atom. The maximum Gasteiger partial charge on any atom is 0.338 e. The maximum absolute atomic E-state index is 12.9. The normalized spacial score (nSPS) is 13.5. The Morgan fingerprint density at radius 3 is 1.69 bits per heavy atom. The zero-order valence-electron chi connectivity index (χ0n) is 22.6. The van der Waals surface area contributed by atoms with Gasteiger partial charge in [0.15, 0.2) is 0 Å². The molecule has 2 unspecified atom stereocenters. The first-order valence-corrected chi connectivity index (χ1v) is 13.7. The zero-order chi connectivity index (χ0) is 26.4. The molecule has 0 rings (SSSR count). The first-order chi connectivity index (χ1) is 16.8. The second-order valence-electron chi connectivity index (χ2n) is 9.59. The molecule has 204 valence electrons. The van der Waals surface area contributed by atoms with Crippen LogP contribution in [-0.4, -0.2) is 43.3 Å². The molecule has 0 saturated heterocycles. The van der Waals surface area contributed by atoms with Crippen molar-refractivity contribution in [2.75, 3.05) is 19.8 Å². The Balaban J connectivity index is 5.01. The molecule has 0 aromatic heterocycles. The summed E-state index contributed by atoms with van der Waals surface area (Å²) in [4.78, 5) is 49.7. The fraction of sp³-hybridized carbons (Fsp3) is 0.889. The third-order valence-corrected chi connectivity index (χ3v) is 6.00. The Bertz CT molecular complexity index is 596. The van der Waals surface area contributed by atoms with Gasteiger partial charge >= 0.3 is 17.9 Å². The van der Waals surface area contributed by atoms with Gasteiger partial charge in [-0.2, -0.15) is 0 Å². The Hall–Kier alpha value is -1.99. The van der Waals surface area contributed by atoms with Gasteiger partial charge < -0.3 is 14.2 Å². The van der Waals surface area contributed by atoms with E-state index in [2.05, 4.69) is 25.9 Å². The van der Waals surface area contributed by atoms with Crippen molar-refractivity contribution in [2.24, 2.45) is 11.1 Å². The summed E-state index contributed by atoms with van der Waals surface area (Å²) in [5, 5.41) is 2.95. The van der Waals surface area contributed by atoms with Gasteiger partial charge in [-0.05, 0) is 30.4 Å². The highest BCUT2D eigenvalue weighted by molar-refractivity contribution is 5.91. The lowest BCUT2D eigenvalue weighted by atomic mass is 9.92. The molecule has 0 aromatic rings. The second-order valence-corrected chi connectivity index (χ2v) is 9.59. The Morgan fingerprint density at radius 1 is 0.686 bits per heavy atom. The summed E-state index contributed by atoms with van der Waals surface area (Å²) in [5.74, 6) is -2.31. The molecule has 35 heavy (non-hydrogen) atoms. The molecule has 0 aliphatic heterocycles. The van der Waals surface area contributed by atoms with E-state index in [0.29, 0.717) is 12.8 Å². The van der Waals surface area contributed by atoms with Crippen molar-refractivity contribution in [1.29, 1.82) is 0 Å². The highest BCUT2D eigenvalue weighted by Crippen LogP contribution is 2.25. The van der Waals surface area contributed by atoms with E-state index in [1.54, 1.807) is 0 Å². The highest BCUT2D eigenvalue weighted by atomic mass is 16.5. The minimum absolute atomic E-state index is 0.107. The van der Waals surface area contributed by atoms with Crippen LogP contribution in [0.25, 0.3) is 0 Å². The van der Waals surface area contributed by atoms with Crippen molar-refractivity contribution >= 4 is 17.9 Å². The van der Waals surface area contributed by atoms with Crippen molar-refractivity contribution in [1.82, 2.24) is 0 Å². The van der Waals surface area contributed by atoms with E-state index in [1.807, 2.05) is 6.92 Å². The van der Waals surface area contributed by atoms with E-state index in [9.17, 15) is 19.3 Å². The van der Waals surface area contributed by atoms with Crippen LogP contribution in [0, 0.1) is 10.8 Å². The molecule has 0 amide bonds. The highest BCUT2D eigenvalue weighted by Gasteiger charge is 2.47. The number of carbonyl (C=O) groups excluding carboxylic acids is 3. The van der Waals surface area contributed by atoms with E-state index in [-0.39, 0.29) is 25.7 Å². The fourth-order valence-electron chi connectivity index (χ4n) is 3.66. The topological polar surface area (TPSA) is 108 Å². The van der Waals surface area contributed by atoms with Crippen LogP contribution >= 0.6 is 0 Å². The van der Waals surface area contributed by atoms with Crippen LogP contribution in [0.15, 0.2) is 5.18 Å². The Kier molecular flexibility index (Phi) is 20.1. The molecular formula is C27H49NO7. The van der Waals surface area contributed by atoms with Crippen molar-refractivity contribution in [3.8, 4) is 0 Å². The lowest BCUT2D eigenvalue weighted by molar-refractivity contribution is -0.161. The minimum atomic E-state index is -2.17. The monoisotopic (exact) mass is 499 g/mol. The number of ether oxygens (including phenoxy) is 3. The average molecular weight is 500 g/mol. The van der Waals surface area contributed by atoms with Gasteiger partial charge in [0.2, 0.25) is 5.54 Å². The third kappa shape index (κ3) is 16.3. The number of hydrogen-bond acceptors (Lipinski definition) is 8. The molecule has 0 heterocycles. The molecule has 0 saturated carbocycles. The molecule has 0 spiro atoms. The van der Waals surface area contributed by atoms with E-state index in [4.69, 9.17) is 14.2 Å². The van der Waals surface area contributed by atoms with Gasteiger partial charge in [-0.1, -0.05) is 91.9 Å². The van der Waals surface area contributed by atoms with E-state index < -0.39 is 36.3 Å². The lowest BCUT2D eigenvalue weighted by Gasteiger charge is -2.23. The van der Waals surface area contributed by atoms with Gasteiger partial charge in [-0.3, -0.25) is 9.59 Å². The van der Waals surface area contributed by atoms with Crippen molar-refractivity contribution in [3.05, 3.63) is 4.91 Å². The summed E-state index contributed by atoms with van der Waals surface area (Å²) in [6.07, 6.45) is 11.4. The predicted molar refractivity (Wildman–Crippen MR) is 137 cm³/mol. The summed E-state index contributed by atoms with van der Waals surface area (Å²) in [6.45, 7) is 8.77. The summed E-state index contributed by atoms with van der Waals surface area (Å²) in [5.41, 5.74) is -2.17. The van der Waals surface area contributed by atoms with Gasteiger partial charge in [0.1, 0.15) is 0 Å². The molecule has 0 radical (unpaired) electrons. The van der Waals surface area contributed by atoms with Crippen LogP contribution in [0.4, 0.5) is 0 Å². The SMILES string of the molecule is CCCCCCCOC(=O)CC(CC(=O)OCC(C)CCCC)(N=O)C(=O)OCCCCCCC. The number of nitroso groups, excluding NO2 is 1. The van der Waals surface area contributed by atoms with E-state index in [0.717, 1.165) is 70.6 Å². The number of nitrogens with zero attached hydrogens (tertiary/aromatic N) is 1. The predicted octanol–water partition coefficient (Wildman–Crippen LogP) is 6.67. The van der Waals surface area contributed by atoms with Crippen LogP contribution in [0.2, 0.25) is 0 Å². The molecule has 8 nitrogen and oxygen atoms in total. The Labute approximate surface area is 212 Å². The number of rotatable bonds is 23.